The van der Waals surface area contributed by atoms with Gasteiger partial charge in [-0.05, 0) is 38.2 Å². The summed E-state index contributed by atoms with van der Waals surface area (Å²) in [7, 11) is 2.06. The molecule has 0 radical (unpaired) electrons. The maximum atomic E-state index is 12.6. The van der Waals surface area contributed by atoms with Crippen LogP contribution in [-0.2, 0) is 4.74 Å². The average molecular weight is 369 g/mol. The van der Waals surface area contributed by atoms with Crippen molar-refractivity contribution in [2.45, 2.75) is 6.92 Å². The fourth-order valence-electron chi connectivity index (χ4n) is 2.81. The van der Waals surface area contributed by atoms with Crippen molar-refractivity contribution in [3.63, 3.8) is 0 Å². The number of nitrogens with zero attached hydrogens (tertiary/aromatic N) is 4. The number of carbonyl (C=O) groups is 2. The van der Waals surface area contributed by atoms with Crippen molar-refractivity contribution in [1.82, 2.24) is 19.8 Å². The molecule has 0 atom stereocenters. The molecule has 27 heavy (non-hydrogen) atoms. The van der Waals surface area contributed by atoms with E-state index in [4.69, 9.17) is 4.74 Å². The molecular weight excluding hydrogens is 346 g/mol. The van der Waals surface area contributed by atoms with E-state index in [0.29, 0.717) is 17.1 Å². The van der Waals surface area contributed by atoms with Crippen LogP contribution in [-0.4, -0.2) is 71.5 Å². The third-order valence-corrected chi connectivity index (χ3v) is 4.39. The minimum absolute atomic E-state index is 0.0314. The second-order valence-electron chi connectivity index (χ2n) is 6.30. The third kappa shape index (κ3) is 4.59. The van der Waals surface area contributed by atoms with Gasteiger partial charge in [-0.2, -0.15) is 0 Å². The number of anilines is 2. The highest BCUT2D eigenvalue weighted by Gasteiger charge is 2.20. The minimum Gasteiger partial charge on any atom is -0.462 e. The van der Waals surface area contributed by atoms with Gasteiger partial charge in [0, 0.05) is 43.6 Å². The van der Waals surface area contributed by atoms with E-state index in [1.807, 2.05) is 4.90 Å². The lowest BCUT2D eigenvalue weighted by molar-refractivity contribution is 0.0526. The molecule has 1 aromatic heterocycles. The van der Waals surface area contributed by atoms with Crippen molar-refractivity contribution < 1.29 is 14.3 Å². The zero-order chi connectivity index (χ0) is 19.2. The van der Waals surface area contributed by atoms with Gasteiger partial charge >= 0.3 is 5.97 Å². The Labute approximate surface area is 158 Å². The van der Waals surface area contributed by atoms with Crippen LogP contribution in [0.3, 0.4) is 0 Å². The summed E-state index contributed by atoms with van der Waals surface area (Å²) in [5, 5.41) is 3.08. The van der Waals surface area contributed by atoms with Crippen LogP contribution in [0.1, 0.15) is 27.6 Å². The highest BCUT2D eigenvalue weighted by atomic mass is 16.5. The van der Waals surface area contributed by atoms with Crippen molar-refractivity contribution in [3.8, 4) is 0 Å². The summed E-state index contributed by atoms with van der Waals surface area (Å²) in [5.74, 6) is -0.0899. The Morgan fingerprint density at radius 1 is 1.15 bits per heavy atom. The second-order valence-corrected chi connectivity index (χ2v) is 6.30. The highest BCUT2D eigenvalue weighted by molar-refractivity contribution is 5.96. The molecule has 2 heterocycles. The summed E-state index contributed by atoms with van der Waals surface area (Å²) in [6.07, 6.45) is 2.77. The van der Waals surface area contributed by atoms with E-state index in [9.17, 15) is 9.59 Å². The first-order valence-corrected chi connectivity index (χ1v) is 8.90. The molecule has 0 spiro atoms. The molecule has 1 aromatic carbocycles. The molecule has 1 amide bonds. The standard InChI is InChI=1S/C19H23N5O3/c1-3-27-19(26)16-12-20-13-21-17(16)22-15-6-4-14(5-7-15)18(25)24-10-8-23(2)9-11-24/h4-7,12-13H,3,8-11H2,1-2H3,(H,20,21,22). The van der Waals surface area contributed by atoms with Crippen molar-refractivity contribution in [1.29, 1.82) is 0 Å². The van der Waals surface area contributed by atoms with Crippen LogP contribution >= 0.6 is 0 Å². The third-order valence-electron chi connectivity index (χ3n) is 4.39. The number of esters is 1. The molecule has 1 saturated heterocycles. The lowest BCUT2D eigenvalue weighted by Gasteiger charge is -2.32. The summed E-state index contributed by atoms with van der Waals surface area (Å²) in [4.78, 5) is 36.7. The summed E-state index contributed by atoms with van der Waals surface area (Å²) in [6, 6.07) is 7.13. The van der Waals surface area contributed by atoms with Crippen molar-refractivity contribution in [2.24, 2.45) is 0 Å². The normalized spacial score (nSPS) is 14.7. The van der Waals surface area contributed by atoms with E-state index in [-0.39, 0.29) is 18.1 Å². The molecule has 3 rings (SSSR count). The summed E-state index contributed by atoms with van der Waals surface area (Å²) >= 11 is 0. The molecule has 0 aliphatic carbocycles. The van der Waals surface area contributed by atoms with E-state index in [1.54, 1.807) is 31.2 Å². The number of nitrogens with one attached hydrogen (secondary N) is 1. The molecule has 1 aliphatic heterocycles. The zero-order valence-electron chi connectivity index (χ0n) is 15.5. The van der Waals surface area contributed by atoms with Gasteiger partial charge in [-0.3, -0.25) is 4.79 Å². The van der Waals surface area contributed by atoms with Crippen LogP contribution in [0.5, 0.6) is 0 Å². The minimum atomic E-state index is -0.484. The molecule has 142 valence electrons. The number of hydrogen-bond acceptors (Lipinski definition) is 7. The molecule has 0 bridgehead atoms. The summed E-state index contributed by atoms with van der Waals surface area (Å²) < 4.78 is 5.02. The topological polar surface area (TPSA) is 87.7 Å². The first kappa shape index (κ1) is 18.8. The Morgan fingerprint density at radius 2 is 1.85 bits per heavy atom. The Kier molecular flexibility index (Phi) is 5.97. The Balaban J connectivity index is 1.70. The van der Waals surface area contributed by atoms with Gasteiger partial charge in [-0.15, -0.1) is 0 Å². The number of carbonyl (C=O) groups excluding carboxylic acids is 2. The molecular formula is C19H23N5O3. The van der Waals surface area contributed by atoms with Crippen LogP contribution in [0.15, 0.2) is 36.8 Å². The summed E-state index contributed by atoms with van der Waals surface area (Å²) in [6.45, 7) is 5.25. The van der Waals surface area contributed by atoms with Crippen LogP contribution in [0.2, 0.25) is 0 Å². The predicted octanol–water partition coefficient (Wildman–Crippen LogP) is 1.78. The number of hydrogen-bond donors (Lipinski definition) is 1. The van der Waals surface area contributed by atoms with Gasteiger partial charge in [0.15, 0.2) is 0 Å². The van der Waals surface area contributed by atoms with Gasteiger partial charge in [-0.1, -0.05) is 0 Å². The van der Waals surface area contributed by atoms with Gasteiger partial charge < -0.3 is 19.9 Å². The van der Waals surface area contributed by atoms with Crippen LogP contribution in [0, 0.1) is 0 Å². The lowest BCUT2D eigenvalue weighted by atomic mass is 10.1. The number of benzene rings is 1. The average Bonchev–Trinajstić information content (AvgIpc) is 2.69. The SMILES string of the molecule is CCOC(=O)c1cncnc1Nc1ccc(C(=O)N2CCN(C)CC2)cc1. The molecule has 1 aliphatic rings. The van der Waals surface area contributed by atoms with Crippen LogP contribution in [0.25, 0.3) is 0 Å². The number of rotatable bonds is 5. The smallest absolute Gasteiger partial charge is 0.343 e. The first-order valence-electron chi connectivity index (χ1n) is 8.90. The number of ether oxygens (including phenoxy) is 1. The Bertz CT molecular complexity index is 801. The van der Waals surface area contributed by atoms with Gasteiger partial charge in [0.2, 0.25) is 0 Å². The predicted molar refractivity (Wildman–Crippen MR) is 101 cm³/mol. The molecule has 1 N–H and O–H groups in total. The van der Waals surface area contributed by atoms with Crippen molar-refractivity contribution in [2.75, 3.05) is 45.2 Å². The number of aromatic nitrogens is 2. The first-order chi connectivity index (χ1) is 13.1. The van der Waals surface area contributed by atoms with Gasteiger partial charge in [0.1, 0.15) is 17.7 Å². The Morgan fingerprint density at radius 3 is 2.52 bits per heavy atom. The van der Waals surface area contributed by atoms with E-state index in [2.05, 4.69) is 27.2 Å². The molecule has 8 heteroatoms. The van der Waals surface area contributed by atoms with E-state index in [1.165, 1.54) is 12.5 Å². The lowest BCUT2D eigenvalue weighted by Crippen LogP contribution is -2.47. The van der Waals surface area contributed by atoms with Crippen LogP contribution < -0.4 is 5.32 Å². The fraction of sp³-hybridized carbons (Fsp3) is 0.368. The van der Waals surface area contributed by atoms with E-state index < -0.39 is 5.97 Å². The molecule has 0 saturated carbocycles. The molecule has 1 fully saturated rings. The van der Waals surface area contributed by atoms with E-state index >= 15 is 0 Å². The molecule has 8 nitrogen and oxygen atoms in total. The van der Waals surface area contributed by atoms with Crippen molar-refractivity contribution in [3.05, 3.63) is 47.9 Å². The van der Waals surface area contributed by atoms with Crippen molar-refractivity contribution >= 4 is 23.4 Å². The van der Waals surface area contributed by atoms with E-state index in [0.717, 1.165) is 26.2 Å². The molecule has 2 aromatic rings. The summed E-state index contributed by atoms with van der Waals surface area (Å²) in [5.41, 5.74) is 1.62. The number of piperazine rings is 1. The van der Waals surface area contributed by atoms with Crippen LogP contribution in [0.4, 0.5) is 11.5 Å². The second kappa shape index (κ2) is 8.59. The largest absolute Gasteiger partial charge is 0.462 e. The maximum Gasteiger partial charge on any atom is 0.343 e. The highest BCUT2D eigenvalue weighted by Crippen LogP contribution is 2.20. The maximum absolute atomic E-state index is 12.6. The van der Waals surface area contributed by atoms with Gasteiger partial charge in [-0.25, -0.2) is 14.8 Å². The number of amides is 1. The zero-order valence-corrected chi connectivity index (χ0v) is 15.5. The quantitative estimate of drug-likeness (QED) is 0.804. The van der Waals surface area contributed by atoms with Gasteiger partial charge in [0.05, 0.1) is 6.61 Å². The fourth-order valence-corrected chi connectivity index (χ4v) is 2.81. The Hall–Kier alpha value is -3.00. The monoisotopic (exact) mass is 369 g/mol. The molecule has 0 unspecified atom stereocenters. The number of likely N-dealkylation sites (N-methyl/N-ethyl adjacent to an activating group) is 1. The van der Waals surface area contributed by atoms with Gasteiger partial charge in [0.25, 0.3) is 5.91 Å².